The van der Waals surface area contributed by atoms with Crippen LogP contribution in [0.1, 0.15) is 13.8 Å². The topological polar surface area (TPSA) is 58.2 Å². The highest BCUT2D eigenvalue weighted by atomic mass is 35.5. The van der Waals surface area contributed by atoms with Crippen LogP contribution in [0.5, 0.6) is 0 Å². The maximum atomic E-state index is 11.5. The zero-order valence-corrected chi connectivity index (χ0v) is 11.8. The highest BCUT2D eigenvalue weighted by Gasteiger charge is 2.08. The van der Waals surface area contributed by atoms with Crippen LogP contribution >= 0.6 is 23.4 Å². The number of rotatable bonds is 4. The van der Waals surface area contributed by atoms with Crippen molar-refractivity contribution in [2.24, 2.45) is 0 Å². The Labute approximate surface area is 115 Å². The second-order valence-electron chi connectivity index (χ2n) is 3.92. The molecular formula is C12H15ClN2O2S. The molecule has 6 heteroatoms. The molecule has 0 bridgehead atoms. The average molecular weight is 287 g/mol. The zero-order valence-electron chi connectivity index (χ0n) is 10.2. The number of hydrogen-bond donors (Lipinski definition) is 2. The third kappa shape index (κ3) is 5.93. The van der Waals surface area contributed by atoms with Gasteiger partial charge in [0.05, 0.1) is 5.75 Å². The number of imide groups is 1. The number of thioether (sulfide) groups is 1. The molecule has 0 aliphatic rings. The van der Waals surface area contributed by atoms with Gasteiger partial charge in [-0.05, 0) is 38.1 Å². The van der Waals surface area contributed by atoms with Crippen molar-refractivity contribution in [3.8, 4) is 0 Å². The van der Waals surface area contributed by atoms with Crippen molar-refractivity contribution in [3.05, 3.63) is 29.3 Å². The summed E-state index contributed by atoms with van der Waals surface area (Å²) in [6.45, 7) is 3.65. The van der Waals surface area contributed by atoms with E-state index < -0.39 is 6.03 Å². The molecule has 0 fully saturated rings. The normalized spacial score (nSPS) is 10.2. The predicted octanol–water partition coefficient (Wildman–Crippen LogP) is 2.67. The Morgan fingerprint density at radius 3 is 2.44 bits per heavy atom. The molecule has 1 aromatic rings. The van der Waals surface area contributed by atoms with Gasteiger partial charge in [-0.25, -0.2) is 4.79 Å². The molecule has 1 rings (SSSR count). The third-order valence-electron chi connectivity index (χ3n) is 1.86. The number of urea groups is 1. The van der Waals surface area contributed by atoms with Crippen LogP contribution in [-0.4, -0.2) is 23.7 Å². The molecule has 0 saturated carbocycles. The van der Waals surface area contributed by atoms with E-state index in [4.69, 9.17) is 11.6 Å². The lowest BCUT2D eigenvalue weighted by Crippen LogP contribution is -2.43. The van der Waals surface area contributed by atoms with E-state index in [1.54, 1.807) is 12.1 Å². The Morgan fingerprint density at radius 2 is 1.89 bits per heavy atom. The lowest BCUT2D eigenvalue weighted by Gasteiger charge is -2.08. The Bertz CT molecular complexity index is 421. The van der Waals surface area contributed by atoms with E-state index in [1.807, 2.05) is 26.0 Å². The Morgan fingerprint density at radius 1 is 1.28 bits per heavy atom. The highest BCUT2D eigenvalue weighted by Crippen LogP contribution is 2.19. The maximum Gasteiger partial charge on any atom is 0.321 e. The largest absolute Gasteiger partial charge is 0.336 e. The second kappa shape index (κ2) is 7.28. The van der Waals surface area contributed by atoms with Gasteiger partial charge >= 0.3 is 6.03 Å². The van der Waals surface area contributed by atoms with E-state index in [2.05, 4.69) is 10.6 Å². The summed E-state index contributed by atoms with van der Waals surface area (Å²) >= 11 is 7.10. The van der Waals surface area contributed by atoms with Gasteiger partial charge in [-0.1, -0.05) is 11.6 Å². The number of carbonyl (C=O) groups excluding carboxylic acids is 2. The van der Waals surface area contributed by atoms with Gasteiger partial charge < -0.3 is 5.32 Å². The van der Waals surface area contributed by atoms with Crippen molar-refractivity contribution in [2.75, 3.05) is 5.75 Å². The Kier molecular flexibility index (Phi) is 6.01. The lowest BCUT2D eigenvalue weighted by atomic mass is 10.4. The third-order valence-corrected chi connectivity index (χ3v) is 3.12. The monoisotopic (exact) mass is 286 g/mol. The van der Waals surface area contributed by atoms with E-state index >= 15 is 0 Å². The quantitative estimate of drug-likeness (QED) is 0.837. The number of hydrogen-bond acceptors (Lipinski definition) is 3. The number of halogens is 1. The summed E-state index contributed by atoms with van der Waals surface area (Å²) in [4.78, 5) is 23.6. The van der Waals surface area contributed by atoms with Crippen LogP contribution in [0, 0.1) is 0 Å². The van der Waals surface area contributed by atoms with E-state index in [9.17, 15) is 9.59 Å². The molecule has 0 radical (unpaired) electrons. The molecule has 0 unspecified atom stereocenters. The molecule has 2 N–H and O–H groups in total. The Hall–Kier alpha value is -1.20. The molecule has 0 aliphatic heterocycles. The van der Waals surface area contributed by atoms with Gasteiger partial charge in [0.2, 0.25) is 5.91 Å². The van der Waals surface area contributed by atoms with Crippen LogP contribution in [-0.2, 0) is 4.79 Å². The van der Waals surface area contributed by atoms with Crippen molar-refractivity contribution in [3.63, 3.8) is 0 Å². The van der Waals surface area contributed by atoms with Crippen molar-refractivity contribution in [1.82, 2.24) is 10.6 Å². The van der Waals surface area contributed by atoms with Crippen LogP contribution < -0.4 is 10.6 Å². The summed E-state index contributed by atoms with van der Waals surface area (Å²) in [5, 5.41) is 5.49. The summed E-state index contributed by atoms with van der Waals surface area (Å²) < 4.78 is 0. The number of carbonyl (C=O) groups is 2. The molecule has 0 heterocycles. The first kappa shape index (κ1) is 14.9. The van der Waals surface area contributed by atoms with Gasteiger partial charge in [0, 0.05) is 16.0 Å². The maximum absolute atomic E-state index is 11.5. The van der Waals surface area contributed by atoms with Gasteiger partial charge in [-0.3, -0.25) is 10.1 Å². The average Bonchev–Trinajstić information content (AvgIpc) is 2.27. The van der Waals surface area contributed by atoms with Crippen LogP contribution in [0.25, 0.3) is 0 Å². The minimum Gasteiger partial charge on any atom is -0.336 e. The molecule has 0 aliphatic carbocycles. The van der Waals surface area contributed by atoms with Crippen molar-refractivity contribution >= 4 is 35.3 Å². The fourth-order valence-electron chi connectivity index (χ4n) is 1.14. The minimum absolute atomic E-state index is 0.00159. The summed E-state index contributed by atoms with van der Waals surface area (Å²) in [5.41, 5.74) is 0. The van der Waals surface area contributed by atoms with Crippen LogP contribution in [0.2, 0.25) is 5.02 Å². The summed E-state index contributed by atoms with van der Waals surface area (Å²) in [6.07, 6.45) is 0. The number of nitrogens with one attached hydrogen (secondary N) is 2. The highest BCUT2D eigenvalue weighted by molar-refractivity contribution is 8.00. The zero-order chi connectivity index (χ0) is 13.5. The number of amides is 3. The molecule has 0 aromatic heterocycles. The van der Waals surface area contributed by atoms with E-state index in [0.717, 1.165) is 4.90 Å². The Balaban J connectivity index is 2.33. The molecule has 18 heavy (non-hydrogen) atoms. The molecule has 0 saturated heterocycles. The molecule has 0 atom stereocenters. The lowest BCUT2D eigenvalue weighted by molar-refractivity contribution is -0.117. The summed E-state index contributed by atoms with van der Waals surface area (Å²) in [5.74, 6) is -0.138. The van der Waals surface area contributed by atoms with E-state index in [1.165, 1.54) is 11.8 Å². The van der Waals surface area contributed by atoms with Gasteiger partial charge in [-0.2, -0.15) is 0 Å². The molecular weight excluding hydrogens is 272 g/mol. The van der Waals surface area contributed by atoms with Gasteiger partial charge in [-0.15, -0.1) is 11.8 Å². The SMILES string of the molecule is CC(C)NC(=O)NC(=O)CSc1ccc(Cl)cc1. The van der Waals surface area contributed by atoms with Crippen molar-refractivity contribution < 1.29 is 9.59 Å². The molecule has 4 nitrogen and oxygen atoms in total. The van der Waals surface area contributed by atoms with Crippen LogP contribution in [0.15, 0.2) is 29.2 Å². The first-order valence-electron chi connectivity index (χ1n) is 5.46. The first-order valence-corrected chi connectivity index (χ1v) is 6.82. The summed E-state index contributed by atoms with van der Waals surface area (Å²) in [6, 6.07) is 6.71. The molecule has 3 amide bonds. The van der Waals surface area contributed by atoms with Gasteiger partial charge in [0.1, 0.15) is 0 Å². The predicted molar refractivity (Wildman–Crippen MR) is 74.0 cm³/mol. The minimum atomic E-state index is -0.466. The summed E-state index contributed by atoms with van der Waals surface area (Å²) in [7, 11) is 0. The first-order chi connectivity index (χ1) is 8.47. The number of benzene rings is 1. The second-order valence-corrected chi connectivity index (χ2v) is 5.40. The molecule has 0 spiro atoms. The van der Waals surface area contributed by atoms with Gasteiger partial charge in [0.15, 0.2) is 0 Å². The van der Waals surface area contributed by atoms with Crippen LogP contribution in [0.3, 0.4) is 0 Å². The van der Waals surface area contributed by atoms with Crippen molar-refractivity contribution in [2.45, 2.75) is 24.8 Å². The van der Waals surface area contributed by atoms with E-state index in [0.29, 0.717) is 5.02 Å². The smallest absolute Gasteiger partial charge is 0.321 e. The molecule has 98 valence electrons. The fraction of sp³-hybridized carbons (Fsp3) is 0.333. The fourth-order valence-corrected chi connectivity index (χ4v) is 1.97. The van der Waals surface area contributed by atoms with Crippen LogP contribution in [0.4, 0.5) is 4.79 Å². The van der Waals surface area contributed by atoms with E-state index in [-0.39, 0.29) is 17.7 Å². The molecule has 1 aromatic carbocycles. The van der Waals surface area contributed by atoms with Gasteiger partial charge in [0.25, 0.3) is 0 Å². The van der Waals surface area contributed by atoms with Crippen molar-refractivity contribution in [1.29, 1.82) is 0 Å². The standard InChI is InChI=1S/C12H15ClN2O2S/c1-8(2)14-12(17)15-11(16)7-18-10-5-3-9(13)4-6-10/h3-6,8H,7H2,1-2H3,(H2,14,15,16,17).